The average Bonchev–Trinajstić information content (AvgIpc) is 3.53. The SMILES string of the molecule is COC(=O)c1ccc(-c2ccc(C=C3SC(=Nc4ccccc4)N(Cc4ccc(OC)cc4)C3=O)o2)c(C)c1. The minimum atomic E-state index is -0.390. The van der Waals surface area contributed by atoms with Crippen LogP contribution in [0.4, 0.5) is 5.69 Å². The average molecular weight is 539 g/mol. The Balaban J connectivity index is 1.43. The molecule has 0 N–H and O–H groups in total. The Labute approximate surface area is 230 Å². The number of amides is 1. The molecule has 39 heavy (non-hydrogen) atoms. The molecule has 7 nitrogen and oxygen atoms in total. The van der Waals surface area contributed by atoms with E-state index in [-0.39, 0.29) is 5.91 Å². The highest BCUT2D eigenvalue weighted by atomic mass is 32.2. The van der Waals surface area contributed by atoms with E-state index in [0.29, 0.717) is 33.7 Å². The van der Waals surface area contributed by atoms with Gasteiger partial charge in [-0.1, -0.05) is 36.4 Å². The summed E-state index contributed by atoms with van der Waals surface area (Å²) >= 11 is 1.31. The second-order valence-corrected chi connectivity index (χ2v) is 9.81. The molecule has 4 aromatic rings. The zero-order chi connectivity index (χ0) is 27.4. The summed E-state index contributed by atoms with van der Waals surface area (Å²) < 4.78 is 16.2. The van der Waals surface area contributed by atoms with E-state index in [9.17, 15) is 9.59 Å². The summed E-state index contributed by atoms with van der Waals surface area (Å²) in [7, 11) is 2.98. The van der Waals surface area contributed by atoms with Gasteiger partial charge in [-0.2, -0.15) is 0 Å². The van der Waals surface area contributed by atoms with Crippen LogP contribution in [-0.4, -0.2) is 36.2 Å². The minimum absolute atomic E-state index is 0.151. The number of aryl methyl sites for hydroxylation is 1. The van der Waals surface area contributed by atoms with Crippen LogP contribution >= 0.6 is 11.8 Å². The second kappa shape index (κ2) is 11.4. The molecule has 5 rings (SSSR count). The number of rotatable bonds is 7. The number of ether oxygens (including phenoxy) is 2. The normalized spacial score (nSPS) is 15.3. The van der Waals surface area contributed by atoms with Gasteiger partial charge in [0.25, 0.3) is 5.91 Å². The van der Waals surface area contributed by atoms with E-state index in [1.54, 1.807) is 30.2 Å². The highest BCUT2D eigenvalue weighted by molar-refractivity contribution is 8.18. The van der Waals surface area contributed by atoms with Gasteiger partial charge in [0.15, 0.2) is 5.17 Å². The highest BCUT2D eigenvalue weighted by Crippen LogP contribution is 2.36. The molecule has 1 aliphatic rings. The molecule has 0 aliphatic carbocycles. The summed E-state index contributed by atoms with van der Waals surface area (Å²) in [5, 5.41) is 0.592. The maximum Gasteiger partial charge on any atom is 0.337 e. The van der Waals surface area contributed by atoms with E-state index >= 15 is 0 Å². The van der Waals surface area contributed by atoms with E-state index in [4.69, 9.17) is 18.9 Å². The van der Waals surface area contributed by atoms with Crippen LogP contribution in [0, 0.1) is 6.92 Å². The smallest absolute Gasteiger partial charge is 0.337 e. The van der Waals surface area contributed by atoms with Crippen molar-refractivity contribution in [1.29, 1.82) is 0 Å². The third-order valence-electron chi connectivity index (χ3n) is 6.18. The monoisotopic (exact) mass is 538 g/mol. The first-order valence-electron chi connectivity index (χ1n) is 12.2. The molecular weight excluding hydrogens is 512 g/mol. The highest BCUT2D eigenvalue weighted by Gasteiger charge is 2.34. The molecule has 196 valence electrons. The van der Waals surface area contributed by atoms with Gasteiger partial charge in [-0.3, -0.25) is 9.69 Å². The van der Waals surface area contributed by atoms with Crippen LogP contribution in [-0.2, 0) is 16.1 Å². The number of thioether (sulfide) groups is 1. The molecule has 1 saturated heterocycles. The summed E-state index contributed by atoms with van der Waals surface area (Å²) in [6, 6.07) is 26.1. The number of methoxy groups -OCH3 is 2. The molecule has 0 radical (unpaired) electrons. The summed E-state index contributed by atoms with van der Waals surface area (Å²) in [6.07, 6.45) is 1.74. The van der Waals surface area contributed by atoms with Gasteiger partial charge in [-0.25, -0.2) is 9.79 Å². The molecule has 0 saturated carbocycles. The molecule has 0 atom stereocenters. The Morgan fingerprint density at radius 3 is 2.46 bits per heavy atom. The van der Waals surface area contributed by atoms with Crippen LogP contribution in [0.1, 0.15) is 27.2 Å². The zero-order valence-electron chi connectivity index (χ0n) is 21.7. The van der Waals surface area contributed by atoms with Crippen molar-refractivity contribution in [2.75, 3.05) is 14.2 Å². The van der Waals surface area contributed by atoms with E-state index in [2.05, 4.69) is 0 Å². The van der Waals surface area contributed by atoms with Gasteiger partial charge in [0, 0.05) is 11.6 Å². The van der Waals surface area contributed by atoms with Crippen LogP contribution < -0.4 is 4.74 Å². The lowest BCUT2D eigenvalue weighted by Crippen LogP contribution is -2.28. The van der Waals surface area contributed by atoms with Crippen LogP contribution in [0.3, 0.4) is 0 Å². The van der Waals surface area contributed by atoms with Crippen molar-refractivity contribution < 1.29 is 23.5 Å². The molecule has 0 bridgehead atoms. The Morgan fingerprint density at radius 1 is 1.00 bits per heavy atom. The fourth-order valence-electron chi connectivity index (χ4n) is 4.15. The van der Waals surface area contributed by atoms with Crippen LogP contribution in [0.5, 0.6) is 5.75 Å². The standard InChI is InChI=1S/C31H26N2O5S/c1-20-17-22(30(35)37-3)11-15-26(20)27-16-14-25(38-27)18-28-29(34)33(19-21-9-12-24(36-2)13-10-21)31(39-28)32-23-7-5-4-6-8-23/h4-18H,19H2,1-3H3. The summed E-state index contributed by atoms with van der Waals surface area (Å²) in [5.41, 5.74) is 3.92. The van der Waals surface area contributed by atoms with Crippen molar-refractivity contribution >= 4 is 40.6 Å². The summed E-state index contributed by atoms with van der Waals surface area (Å²) in [5.74, 6) is 1.39. The number of furan rings is 1. The molecule has 2 heterocycles. The topological polar surface area (TPSA) is 81.3 Å². The number of esters is 1. The Hall–Kier alpha value is -4.56. The number of para-hydroxylation sites is 1. The van der Waals surface area contributed by atoms with Gasteiger partial charge in [0.1, 0.15) is 17.3 Å². The molecular formula is C31H26N2O5S. The Kier molecular flexibility index (Phi) is 7.65. The first kappa shape index (κ1) is 26.1. The van der Waals surface area contributed by atoms with Gasteiger partial charge in [0.2, 0.25) is 0 Å². The number of carbonyl (C=O) groups is 2. The van der Waals surface area contributed by atoms with E-state index in [0.717, 1.165) is 28.1 Å². The third kappa shape index (κ3) is 5.81. The molecule has 0 spiro atoms. The minimum Gasteiger partial charge on any atom is -0.497 e. The van der Waals surface area contributed by atoms with Crippen molar-refractivity contribution in [3.8, 4) is 17.1 Å². The van der Waals surface area contributed by atoms with Gasteiger partial charge in [-0.05, 0) is 78.3 Å². The maximum absolute atomic E-state index is 13.5. The Bertz CT molecular complexity index is 1570. The number of hydrogen-bond acceptors (Lipinski definition) is 7. The lowest BCUT2D eigenvalue weighted by molar-refractivity contribution is -0.122. The van der Waals surface area contributed by atoms with Crippen LogP contribution in [0.2, 0.25) is 0 Å². The largest absolute Gasteiger partial charge is 0.497 e. The molecule has 1 amide bonds. The first-order valence-corrected chi connectivity index (χ1v) is 13.0. The van der Waals surface area contributed by atoms with Crippen LogP contribution in [0.25, 0.3) is 17.4 Å². The van der Waals surface area contributed by atoms with Crippen molar-refractivity contribution in [3.63, 3.8) is 0 Å². The number of carbonyl (C=O) groups excluding carboxylic acids is 2. The fourth-order valence-corrected chi connectivity index (χ4v) is 5.12. The van der Waals surface area contributed by atoms with Gasteiger partial charge in [0.05, 0.1) is 36.9 Å². The molecule has 1 aliphatic heterocycles. The molecule has 0 unspecified atom stereocenters. The lowest BCUT2D eigenvalue weighted by atomic mass is 10.0. The van der Waals surface area contributed by atoms with E-state index < -0.39 is 5.97 Å². The predicted octanol–water partition coefficient (Wildman–Crippen LogP) is 6.85. The second-order valence-electron chi connectivity index (χ2n) is 8.80. The molecule has 8 heteroatoms. The Morgan fingerprint density at radius 2 is 1.77 bits per heavy atom. The molecule has 3 aromatic carbocycles. The van der Waals surface area contributed by atoms with E-state index in [1.807, 2.05) is 79.7 Å². The fraction of sp³-hybridized carbons (Fsp3) is 0.129. The lowest BCUT2D eigenvalue weighted by Gasteiger charge is -2.16. The number of aliphatic imine (C=N–C) groups is 1. The zero-order valence-corrected chi connectivity index (χ0v) is 22.5. The van der Waals surface area contributed by atoms with Crippen LogP contribution in [0.15, 0.2) is 99.2 Å². The third-order valence-corrected chi connectivity index (χ3v) is 7.19. The summed E-state index contributed by atoms with van der Waals surface area (Å²) in [4.78, 5) is 32.3. The van der Waals surface area contributed by atoms with Crippen molar-refractivity contribution in [2.24, 2.45) is 4.99 Å². The van der Waals surface area contributed by atoms with Crippen molar-refractivity contribution in [2.45, 2.75) is 13.5 Å². The van der Waals surface area contributed by atoms with Crippen molar-refractivity contribution in [1.82, 2.24) is 4.90 Å². The molecule has 1 aromatic heterocycles. The number of nitrogens with zero attached hydrogens (tertiary/aromatic N) is 2. The predicted molar refractivity (Wildman–Crippen MR) is 153 cm³/mol. The van der Waals surface area contributed by atoms with Crippen molar-refractivity contribution in [3.05, 3.63) is 112 Å². The van der Waals surface area contributed by atoms with Gasteiger partial charge < -0.3 is 13.9 Å². The first-order chi connectivity index (χ1) is 18.9. The number of benzene rings is 3. The quantitative estimate of drug-likeness (QED) is 0.189. The number of amidine groups is 1. The molecule has 1 fully saturated rings. The summed E-state index contributed by atoms with van der Waals surface area (Å²) in [6.45, 7) is 2.27. The van der Waals surface area contributed by atoms with Gasteiger partial charge in [-0.15, -0.1) is 0 Å². The van der Waals surface area contributed by atoms with Gasteiger partial charge >= 0.3 is 5.97 Å². The maximum atomic E-state index is 13.5. The number of hydrogen-bond donors (Lipinski definition) is 0. The van der Waals surface area contributed by atoms with E-state index in [1.165, 1.54) is 18.9 Å².